The van der Waals surface area contributed by atoms with E-state index in [1.165, 1.54) is 63.9 Å². The van der Waals surface area contributed by atoms with Crippen LogP contribution in [0.1, 0.15) is 153 Å². The number of nitro groups is 3. The molecule has 9 aromatic rings. The first-order chi connectivity index (χ1) is 53.2. The number of unbranched alkanes of at least 4 members (excludes halogenated alkanes) is 5. The number of hydrogen-bond donors (Lipinski definition) is 2. The summed E-state index contributed by atoms with van der Waals surface area (Å²) in [5, 5.41) is 56.7. The number of hydrogen-bond acceptors (Lipinski definition) is 20. The maximum absolute atomic E-state index is 12.3. The number of halogens is 3. The minimum absolute atomic E-state index is 0. The van der Waals surface area contributed by atoms with Crippen molar-refractivity contribution in [2.24, 2.45) is 10.8 Å². The van der Waals surface area contributed by atoms with Crippen LogP contribution in [0.15, 0.2) is 187 Å². The van der Waals surface area contributed by atoms with Crippen molar-refractivity contribution in [2.75, 3.05) is 48.7 Å². The zero-order valence-corrected chi connectivity index (χ0v) is 68.1. The van der Waals surface area contributed by atoms with Crippen molar-refractivity contribution in [2.45, 2.75) is 77.3 Å². The number of alkyl halides is 3. The SMILES string of the molecule is BrCCCCBr.C#Cc1cccc([N+](=O)[O-])c1.NCCCCn1cc(-c2cccc([N+](=O)[O-])c2)nn1.O=C1NC(=O)c2ccccc21.O=C1c2ccccc2C(=O)N1CCCCBr.O=C1c2ccccc2C(=O)N1CCCCn1cc(-c2cccc([N+](=O)[O-])c2)nn1.[K+].[N-]=[N+]=NCCCCN1C(=O)c2ccccc2C1=O. The number of nitrogens with zero attached hydrogens (tertiary/aromatic N) is 15. The summed E-state index contributed by atoms with van der Waals surface area (Å²) in [5.41, 5.74) is 20.5. The monoisotopic (exact) mass is 1720 g/mol. The Kier molecular flexibility index (Phi) is 37.7. The molecule has 2 aromatic heterocycles. The normalized spacial score (nSPS) is 12.3. The van der Waals surface area contributed by atoms with Gasteiger partial charge in [0.15, 0.2) is 0 Å². The Morgan fingerprint density at radius 1 is 0.441 bits per heavy atom. The van der Waals surface area contributed by atoms with Gasteiger partial charge in [-0.15, -0.1) is 16.6 Å². The summed E-state index contributed by atoms with van der Waals surface area (Å²) in [6.45, 7) is 3.58. The molecule has 0 spiro atoms. The molecule has 13 rings (SSSR count). The number of carbonyl (C=O) groups excluding carboxylic acids is 8. The molecule has 0 fully saturated rings. The van der Waals surface area contributed by atoms with Crippen molar-refractivity contribution in [1.29, 1.82) is 0 Å². The molecule has 568 valence electrons. The molecule has 111 heavy (non-hydrogen) atoms. The predicted molar refractivity (Wildman–Crippen MR) is 420 cm³/mol. The number of fused-ring (bicyclic) bond motifs is 4. The van der Waals surface area contributed by atoms with E-state index in [0.717, 1.165) is 48.2 Å². The van der Waals surface area contributed by atoms with E-state index < -0.39 is 14.8 Å². The number of nitrogens with two attached hydrogens (primary N) is 1. The molecule has 0 saturated carbocycles. The average Bonchev–Trinajstić information content (AvgIpc) is 1.69. The maximum Gasteiger partial charge on any atom is 1.00 e. The molecular weight excluding hydrogens is 1650 g/mol. The van der Waals surface area contributed by atoms with Gasteiger partial charge in [-0.25, -0.2) is 0 Å². The van der Waals surface area contributed by atoms with E-state index in [2.05, 4.69) is 89.7 Å². The zero-order chi connectivity index (χ0) is 79.5. The summed E-state index contributed by atoms with van der Waals surface area (Å²) in [6.07, 6.45) is 17.5. The second-order valence-corrected chi connectivity index (χ2v) is 26.3. The van der Waals surface area contributed by atoms with Gasteiger partial charge < -0.3 is 5.73 Å². The van der Waals surface area contributed by atoms with Crippen LogP contribution in [0, 0.1) is 42.7 Å². The molecule has 4 aliphatic heterocycles. The number of carbonyl (C=O) groups is 8. The van der Waals surface area contributed by atoms with Crippen molar-refractivity contribution in [1.82, 2.24) is 50.0 Å². The second kappa shape index (κ2) is 46.9. The molecule has 0 radical (unpaired) electrons. The van der Waals surface area contributed by atoms with Crippen molar-refractivity contribution in [3.8, 4) is 34.9 Å². The van der Waals surface area contributed by atoms with Gasteiger partial charge in [-0.05, 0) is 131 Å². The summed E-state index contributed by atoms with van der Waals surface area (Å²) in [4.78, 5) is 131. The van der Waals surface area contributed by atoms with Gasteiger partial charge in [0.05, 0.1) is 71.7 Å². The third-order valence-electron chi connectivity index (χ3n) is 16.4. The topological polar surface area (TPSA) is 424 Å². The van der Waals surface area contributed by atoms with E-state index in [4.69, 9.17) is 17.7 Å². The Morgan fingerprint density at radius 3 is 1.10 bits per heavy atom. The molecular formula is C76H74Br3KN17O14+. The van der Waals surface area contributed by atoms with Crippen LogP contribution in [-0.4, -0.2) is 155 Å². The van der Waals surface area contributed by atoms with E-state index in [1.807, 2.05) is 0 Å². The van der Waals surface area contributed by atoms with Crippen LogP contribution in [0.3, 0.4) is 0 Å². The molecule has 0 bridgehead atoms. The first-order valence-electron chi connectivity index (χ1n) is 34.4. The number of azide groups is 1. The standard InChI is InChI=1S/C20H17N5O4.C12H12BrNO2.C12H15N5O2.C12H12N4O2.2C8H5NO2.C4H8Br2.K/c26-19-16-8-1-2-9-17(16)20(27)24(19)11-4-3-10-23-13-18(21-22-23)14-6-5-7-15(12-14)25(28)29;13-7-3-4-8-14-11(15)9-5-1-2-6-10(9)12(14)16;13-6-1-2-7-16-9-12(14-15-16)10-4-3-5-11(8-10)17(18)19;13-15-14-7-3-4-8-16-11(17)9-5-1-2-6-10(9)12(16)18;10-7-5-3-1-2-4-6(5)8(11)9-7;1-2-7-4-3-5-8(6-7)9(10)11;5-3-1-2-4-6;/h1-2,5-9,12-13H,3-4,10-11H2;1-2,5-6H,3-4,7-8H2;3-5,8-9H,1-2,6-7,13H2;1-2,5-6H,3-4,7-8H2;1-4H,(H,9,10,11);1,3-6H;1-4H2;/q;;;;;;;+1. The number of amides is 8. The molecule has 4 aliphatic rings. The molecule has 31 nitrogen and oxygen atoms in total. The van der Waals surface area contributed by atoms with E-state index in [1.54, 1.807) is 155 Å². The second-order valence-electron chi connectivity index (χ2n) is 23.9. The Morgan fingerprint density at radius 2 is 0.757 bits per heavy atom. The first kappa shape index (κ1) is 89.4. The van der Waals surface area contributed by atoms with Gasteiger partial charge >= 0.3 is 51.4 Å². The van der Waals surface area contributed by atoms with Crippen LogP contribution < -0.4 is 62.4 Å². The third-order valence-corrected chi connectivity index (χ3v) is 18.1. The fraction of sp³-hybridized carbons (Fsp3) is 0.263. The van der Waals surface area contributed by atoms with Crippen LogP contribution in [-0.2, 0) is 13.1 Å². The van der Waals surface area contributed by atoms with E-state index in [-0.39, 0.29) is 116 Å². The molecule has 3 N–H and O–H groups in total. The number of terminal acetylenes is 1. The Labute approximate surface area is 705 Å². The Balaban J connectivity index is 0.000000210. The van der Waals surface area contributed by atoms with E-state index in [9.17, 15) is 68.7 Å². The van der Waals surface area contributed by atoms with Gasteiger partial charge in [0.25, 0.3) is 64.3 Å². The number of imide groups is 4. The van der Waals surface area contributed by atoms with Crippen LogP contribution in [0.25, 0.3) is 33.0 Å². The average molecular weight is 1730 g/mol. The molecule has 8 amide bonds. The van der Waals surface area contributed by atoms with Gasteiger partial charge in [-0.1, -0.05) is 148 Å². The number of non-ortho nitro benzene ring substituents is 3. The summed E-state index contributed by atoms with van der Waals surface area (Å²) < 4.78 is 3.38. The Hall–Kier alpha value is -10.5. The molecule has 0 aliphatic carbocycles. The quantitative estimate of drug-likeness (QED) is 0.00486. The number of nitro benzene ring substituents is 3. The Bertz CT molecular complexity index is 4750. The van der Waals surface area contributed by atoms with Crippen LogP contribution >= 0.6 is 47.8 Å². The molecule has 0 unspecified atom stereocenters. The third kappa shape index (κ3) is 26.1. The van der Waals surface area contributed by atoms with Gasteiger partial charge in [-0.3, -0.25) is 98.1 Å². The van der Waals surface area contributed by atoms with E-state index >= 15 is 0 Å². The largest absolute Gasteiger partial charge is 1.00 e. The molecule has 7 aromatic carbocycles. The number of aromatic nitrogens is 6. The summed E-state index contributed by atoms with van der Waals surface area (Å²) in [5.74, 6) is 0.428. The smallest absolute Gasteiger partial charge is 0.330 e. The van der Waals surface area contributed by atoms with Gasteiger partial charge in [0.1, 0.15) is 11.4 Å². The summed E-state index contributed by atoms with van der Waals surface area (Å²) >= 11 is 9.99. The summed E-state index contributed by atoms with van der Waals surface area (Å²) in [6, 6.07) is 45.9. The van der Waals surface area contributed by atoms with Crippen molar-refractivity contribution in [3.05, 3.63) is 273 Å². The molecule has 6 heterocycles. The van der Waals surface area contributed by atoms with Crippen molar-refractivity contribution < 1.29 is 105 Å². The fourth-order valence-corrected chi connectivity index (χ4v) is 12.0. The van der Waals surface area contributed by atoms with Gasteiger partial charge in [-0.2, -0.15) is 0 Å². The fourth-order valence-electron chi connectivity index (χ4n) is 10.8. The van der Waals surface area contributed by atoms with Crippen LogP contribution in [0.4, 0.5) is 17.1 Å². The van der Waals surface area contributed by atoms with Crippen LogP contribution in [0.2, 0.25) is 0 Å². The molecule has 0 atom stereocenters. The van der Waals surface area contributed by atoms with Crippen molar-refractivity contribution >= 4 is 112 Å². The molecule has 0 saturated heterocycles. The number of aryl methyl sites for hydroxylation is 2. The molecule has 35 heteroatoms. The summed E-state index contributed by atoms with van der Waals surface area (Å²) in [7, 11) is 0. The van der Waals surface area contributed by atoms with E-state index in [0.29, 0.717) is 138 Å². The van der Waals surface area contributed by atoms with Crippen LogP contribution in [0.5, 0.6) is 0 Å². The number of benzene rings is 7. The minimum atomic E-state index is -0.471. The number of rotatable bonds is 26. The predicted octanol–water partition coefficient (Wildman–Crippen LogP) is 11.1. The number of nitrogens with one attached hydrogen (secondary N) is 1. The maximum atomic E-state index is 12.3. The van der Waals surface area contributed by atoms with Gasteiger partial charge in [0, 0.05) is 113 Å². The minimum Gasteiger partial charge on any atom is -0.330 e. The van der Waals surface area contributed by atoms with Gasteiger partial charge in [0.2, 0.25) is 0 Å². The van der Waals surface area contributed by atoms with Crippen molar-refractivity contribution in [3.63, 3.8) is 0 Å². The zero-order valence-electron chi connectivity index (χ0n) is 60.2. The first-order valence-corrected chi connectivity index (χ1v) is 37.8.